The Morgan fingerprint density at radius 3 is 2.76 bits per heavy atom. The fraction of sp³-hybridized carbons (Fsp3) is 0.385. The molecule has 0 radical (unpaired) electrons. The minimum absolute atomic E-state index is 0.0194. The number of ketones is 1. The zero-order valence-corrected chi connectivity index (χ0v) is 9.95. The molecule has 0 bridgehead atoms. The molecule has 1 aromatic rings. The molecule has 1 atom stereocenters. The summed E-state index contributed by atoms with van der Waals surface area (Å²) in [4.78, 5) is 22.5. The van der Waals surface area contributed by atoms with Gasteiger partial charge < -0.3 is 10.1 Å². The Kier molecular flexibility index (Phi) is 3.13. The van der Waals surface area contributed by atoms with E-state index in [1.165, 1.54) is 6.92 Å². The second-order valence-electron chi connectivity index (χ2n) is 4.22. The van der Waals surface area contributed by atoms with Crippen LogP contribution in [-0.2, 0) is 4.79 Å². The minimum atomic E-state index is -0.0194. The molecule has 1 fully saturated rings. The summed E-state index contributed by atoms with van der Waals surface area (Å²) < 4.78 is 5.21. The van der Waals surface area contributed by atoms with Crippen LogP contribution in [0.1, 0.15) is 35.2 Å². The van der Waals surface area contributed by atoms with Gasteiger partial charge in [-0.25, -0.2) is 0 Å². The second-order valence-corrected chi connectivity index (χ2v) is 4.22. The van der Waals surface area contributed by atoms with Gasteiger partial charge in [-0.3, -0.25) is 9.59 Å². The summed E-state index contributed by atoms with van der Waals surface area (Å²) in [5.74, 6) is 0.811. The number of hydrogen-bond acceptors (Lipinski definition) is 3. The largest absolute Gasteiger partial charge is 0.496 e. The van der Waals surface area contributed by atoms with Crippen molar-refractivity contribution in [2.24, 2.45) is 0 Å². The number of amides is 1. The van der Waals surface area contributed by atoms with Crippen LogP contribution in [0.25, 0.3) is 0 Å². The molecule has 90 valence electrons. The Morgan fingerprint density at radius 1 is 1.47 bits per heavy atom. The van der Waals surface area contributed by atoms with Crippen LogP contribution in [0, 0.1) is 0 Å². The van der Waals surface area contributed by atoms with E-state index in [4.69, 9.17) is 4.74 Å². The third-order valence-electron chi connectivity index (χ3n) is 3.05. The van der Waals surface area contributed by atoms with Gasteiger partial charge in [0.15, 0.2) is 5.78 Å². The van der Waals surface area contributed by atoms with Crippen molar-refractivity contribution in [3.05, 3.63) is 29.3 Å². The number of Topliss-reactive ketones (excluding diaryl/α,β-unsaturated/α-hetero) is 1. The minimum Gasteiger partial charge on any atom is -0.496 e. The lowest BCUT2D eigenvalue weighted by Gasteiger charge is -2.12. The summed E-state index contributed by atoms with van der Waals surface area (Å²) in [6.45, 7) is 2.17. The molecule has 1 saturated heterocycles. The quantitative estimate of drug-likeness (QED) is 0.805. The molecule has 0 unspecified atom stereocenters. The van der Waals surface area contributed by atoms with Gasteiger partial charge in [-0.15, -0.1) is 0 Å². The molecule has 4 heteroatoms. The fourth-order valence-corrected chi connectivity index (χ4v) is 2.09. The average Bonchev–Trinajstić information content (AvgIpc) is 2.75. The lowest BCUT2D eigenvalue weighted by Crippen LogP contribution is -2.13. The SMILES string of the molecule is COc1cc([C@H]2CNC(=O)C2)ccc1C(C)=O. The summed E-state index contributed by atoms with van der Waals surface area (Å²) in [5.41, 5.74) is 1.61. The van der Waals surface area contributed by atoms with Crippen LogP contribution in [0.4, 0.5) is 0 Å². The molecule has 1 heterocycles. The third-order valence-corrected chi connectivity index (χ3v) is 3.05. The molecule has 1 N–H and O–H groups in total. The smallest absolute Gasteiger partial charge is 0.220 e. The van der Waals surface area contributed by atoms with Crippen molar-refractivity contribution in [2.75, 3.05) is 13.7 Å². The molecule has 0 spiro atoms. The summed E-state index contributed by atoms with van der Waals surface area (Å²) >= 11 is 0. The molecule has 0 aromatic heterocycles. The molecule has 1 aliphatic rings. The number of carbonyl (C=O) groups is 2. The molecular formula is C13H15NO3. The standard InChI is InChI=1S/C13H15NO3/c1-8(15)11-4-3-9(5-12(11)17-2)10-6-13(16)14-7-10/h3-5,10H,6-7H2,1-2H3,(H,14,16)/t10-/m1/s1. The number of benzene rings is 1. The fourth-order valence-electron chi connectivity index (χ4n) is 2.09. The highest BCUT2D eigenvalue weighted by atomic mass is 16.5. The first-order chi connectivity index (χ1) is 8.11. The van der Waals surface area contributed by atoms with Gasteiger partial charge in [0.05, 0.1) is 12.7 Å². The Hall–Kier alpha value is -1.84. The van der Waals surface area contributed by atoms with Crippen molar-refractivity contribution in [3.8, 4) is 5.75 Å². The van der Waals surface area contributed by atoms with Crippen LogP contribution in [0.3, 0.4) is 0 Å². The topological polar surface area (TPSA) is 55.4 Å². The summed E-state index contributed by atoms with van der Waals surface area (Å²) in [6, 6.07) is 5.51. The maximum absolute atomic E-state index is 11.4. The van der Waals surface area contributed by atoms with Crippen LogP contribution in [0.5, 0.6) is 5.75 Å². The van der Waals surface area contributed by atoms with E-state index in [1.807, 2.05) is 12.1 Å². The first-order valence-corrected chi connectivity index (χ1v) is 5.57. The first kappa shape index (κ1) is 11.6. The van der Waals surface area contributed by atoms with E-state index < -0.39 is 0 Å². The Labute approximate surface area is 100.0 Å². The van der Waals surface area contributed by atoms with Crippen molar-refractivity contribution in [2.45, 2.75) is 19.3 Å². The maximum Gasteiger partial charge on any atom is 0.220 e. The number of nitrogens with one attached hydrogen (secondary N) is 1. The van der Waals surface area contributed by atoms with Gasteiger partial charge in [0.2, 0.25) is 5.91 Å². The Bertz CT molecular complexity index is 468. The van der Waals surface area contributed by atoms with Gasteiger partial charge in [-0.05, 0) is 24.6 Å². The summed E-state index contributed by atoms with van der Waals surface area (Å²) in [6.07, 6.45) is 0.503. The van der Waals surface area contributed by atoms with Crippen LogP contribution in [-0.4, -0.2) is 25.3 Å². The van der Waals surface area contributed by atoms with Crippen molar-refractivity contribution < 1.29 is 14.3 Å². The Balaban J connectivity index is 2.31. The molecule has 4 nitrogen and oxygen atoms in total. The first-order valence-electron chi connectivity index (χ1n) is 5.57. The maximum atomic E-state index is 11.4. The normalized spacial score (nSPS) is 18.9. The molecule has 0 saturated carbocycles. The predicted molar refractivity (Wildman–Crippen MR) is 63.4 cm³/mol. The van der Waals surface area contributed by atoms with Gasteiger partial charge in [-0.1, -0.05) is 6.07 Å². The second kappa shape index (κ2) is 4.57. The summed E-state index contributed by atoms with van der Waals surface area (Å²) in [7, 11) is 1.55. The molecule has 0 aliphatic carbocycles. The number of ether oxygens (including phenoxy) is 1. The van der Waals surface area contributed by atoms with Crippen LogP contribution >= 0.6 is 0 Å². The number of carbonyl (C=O) groups excluding carboxylic acids is 2. The zero-order chi connectivity index (χ0) is 12.4. The molecule has 1 aliphatic heterocycles. The third kappa shape index (κ3) is 2.30. The van der Waals surface area contributed by atoms with E-state index in [2.05, 4.69) is 5.32 Å². The van der Waals surface area contributed by atoms with E-state index in [0.29, 0.717) is 24.3 Å². The molecule has 17 heavy (non-hydrogen) atoms. The highest BCUT2D eigenvalue weighted by Gasteiger charge is 2.24. The van der Waals surface area contributed by atoms with Crippen LogP contribution < -0.4 is 10.1 Å². The van der Waals surface area contributed by atoms with Gasteiger partial charge >= 0.3 is 0 Å². The van der Waals surface area contributed by atoms with E-state index in [1.54, 1.807) is 13.2 Å². The van der Waals surface area contributed by atoms with E-state index in [-0.39, 0.29) is 17.6 Å². The van der Waals surface area contributed by atoms with Crippen LogP contribution in [0.2, 0.25) is 0 Å². The van der Waals surface area contributed by atoms with Crippen molar-refractivity contribution in [3.63, 3.8) is 0 Å². The van der Waals surface area contributed by atoms with Crippen molar-refractivity contribution in [1.29, 1.82) is 0 Å². The number of hydrogen-bond donors (Lipinski definition) is 1. The van der Waals surface area contributed by atoms with Gasteiger partial charge in [-0.2, -0.15) is 0 Å². The summed E-state index contributed by atoms with van der Waals surface area (Å²) in [5, 5.41) is 2.80. The Morgan fingerprint density at radius 2 is 2.24 bits per heavy atom. The van der Waals surface area contributed by atoms with Gasteiger partial charge in [0, 0.05) is 18.9 Å². The zero-order valence-electron chi connectivity index (χ0n) is 9.95. The molecular weight excluding hydrogens is 218 g/mol. The average molecular weight is 233 g/mol. The molecule has 1 amide bonds. The van der Waals surface area contributed by atoms with E-state index in [9.17, 15) is 9.59 Å². The van der Waals surface area contributed by atoms with Gasteiger partial charge in [0.1, 0.15) is 5.75 Å². The van der Waals surface area contributed by atoms with E-state index >= 15 is 0 Å². The lowest BCUT2D eigenvalue weighted by molar-refractivity contribution is -0.119. The molecule has 2 rings (SSSR count). The monoisotopic (exact) mass is 233 g/mol. The molecule has 1 aromatic carbocycles. The van der Waals surface area contributed by atoms with Crippen LogP contribution in [0.15, 0.2) is 18.2 Å². The highest BCUT2D eigenvalue weighted by Crippen LogP contribution is 2.28. The van der Waals surface area contributed by atoms with Gasteiger partial charge in [0.25, 0.3) is 0 Å². The number of methoxy groups -OCH3 is 1. The number of rotatable bonds is 3. The van der Waals surface area contributed by atoms with Crippen molar-refractivity contribution >= 4 is 11.7 Å². The predicted octanol–water partition coefficient (Wildman–Crippen LogP) is 1.50. The lowest BCUT2D eigenvalue weighted by atomic mass is 9.96. The van der Waals surface area contributed by atoms with Crippen molar-refractivity contribution in [1.82, 2.24) is 5.32 Å². The highest BCUT2D eigenvalue weighted by molar-refractivity contribution is 5.97. The van der Waals surface area contributed by atoms with E-state index in [0.717, 1.165) is 5.56 Å².